The summed E-state index contributed by atoms with van der Waals surface area (Å²) in [6.07, 6.45) is 0. The van der Waals surface area contributed by atoms with Gasteiger partial charge in [-0.1, -0.05) is 24.3 Å². The molecule has 0 saturated heterocycles. The number of carbonyl (C=O) groups excluding carboxylic acids is 2. The first-order valence-electron chi connectivity index (χ1n) is 6.93. The van der Waals surface area contributed by atoms with Crippen LogP contribution in [0.25, 0.3) is 0 Å². The predicted molar refractivity (Wildman–Crippen MR) is 77.2 cm³/mol. The molecule has 108 valence electrons. The fraction of sp³-hybridized carbons (Fsp3) is 0.467. The van der Waals surface area contributed by atoms with Crippen molar-refractivity contribution in [2.45, 2.75) is 32.4 Å². The molecule has 5 nitrogen and oxygen atoms in total. The summed E-state index contributed by atoms with van der Waals surface area (Å²) in [5.74, 6) is -0.499. The van der Waals surface area contributed by atoms with E-state index in [2.05, 4.69) is 16.0 Å². The number of hydrogen-bond acceptors (Lipinski definition) is 3. The van der Waals surface area contributed by atoms with Gasteiger partial charge in [-0.25, -0.2) is 0 Å². The molecule has 1 aromatic carbocycles. The van der Waals surface area contributed by atoms with Crippen molar-refractivity contribution < 1.29 is 9.59 Å². The number of carbonyl (C=O) groups is 2. The van der Waals surface area contributed by atoms with Crippen LogP contribution in [0.2, 0.25) is 0 Å². The van der Waals surface area contributed by atoms with Gasteiger partial charge in [0, 0.05) is 19.1 Å². The first kappa shape index (κ1) is 14.5. The minimum absolute atomic E-state index is 0.0235. The zero-order chi connectivity index (χ0) is 14.5. The number of rotatable bonds is 4. The minimum atomic E-state index is -0.230. The lowest BCUT2D eigenvalue weighted by molar-refractivity contribution is -0.127. The maximum Gasteiger partial charge on any atom is 0.239 e. The Balaban J connectivity index is 1.95. The molecule has 0 saturated carbocycles. The highest BCUT2D eigenvalue weighted by Crippen LogP contribution is 2.23. The van der Waals surface area contributed by atoms with E-state index in [0.29, 0.717) is 6.54 Å². The van der Waals surface area contributed by atoms with Crippen LogP contribution in [0.4, 0.5) is 0 Å². The SMILES string of the molecule is CC(C)NC(=O)CNC(=O)C1CNCc2ccccc21. The molecule has 5 heteroatoms. The van der Waals surface area contributed by atoms with Crippen LogP contribution < -0.4 is 16.0 Å². The van der Waals surface area contributed by atoms with Crippen molar-refractivity contribution in [1.29, 1.82) is 0 Å². The van der Waals surface area contributed by atoms with Crippen LogP contribution in [0.5, 0.6) is 0 Å². The van der Waals surface area contributed by atoms with Gasteiger partial charge in [0.1, 0.15) is 0 Å². The summed E-state index contributed by atoms with van der Waals surface area (Å²) >= 11 is 0. The minimum Gasteiger partial charge on any atom is -0.352 e. The fourth-order valence-corrected chi connectivity index (χ4v) is 2.39. The molecule has 1 heterocycles. The van der Waals surface area contributed by atoms with Gasteiger partial charge >= 0.3 is 0 Å². The lowest BCUT2D eigenvalue weighted by Crippen LogP contribution is -2.44. The summed E-state index contributed by atoms with van der Waals surface area (Å²) in [5, 5.41) is 8.69. The topological polar surface area (TPSA) is 70.2 Å². The van der Waals surface area contributed by atoms with Crippen molar-refractivity contribution in [3.8, 4) is 0 Å². The number of benzene rings is 1. The van der Waals surface area contributed by atoms with E-state index in [9.17, 15) is 9.59 Å². The van der Waals surface area contributed by atoms with Crippen molar-refractivity contribution in [3.05, 3.63) is 35.4 Å². The smallest absolute Gasteiger partial charge is 0.239 e. The first-order valence-corrected chi connectivity index (χ1v) is 6.93. The molecule has 0 aliphatic carbocycles. The number of fused-ring (bicyclic) bond motifs is 1. The Morgan fingerprint density at radius 2 is 2.10 bits per heavy atom. The van der Waals surface area contributed by atoms with Gasteiger partial charge in [-0.2, -0.15) is 0 Å². The van der Waals surface area contributed by atoms with E-state index in [1.54, 1.807) is 0 Å². The maximum absolute atomic E-state index is 12.2. The molecule has 0 spiro atoms. The fourth-order valence-electron chi connectivity index (χ4n) is 2.39. The summed E-state index contributed by atoms with van der Waals surface area (Å²) in [6, 6.07) is 7.99. The monoisotopic (exact) mass is 275 g/mol. The Hall–Kier alpha value is -1.88. The molecule has 2 rings (SSSR count). The Morgan fingerprint density at radius 3 is 2.85 bits per heavy atom. The summed E-state index contributed by atoms with van der Waals surface area (Å²) in [5.41, 5.74) is 2.19. The third kappa shape index (κ3) is 3.57. The van der Waals surface area contributed by atoms with Gasteiger partial charge in [-0.15, -0.1) is 0 Å². The van der Waals surface area contributed by atoms with Crippen molar-refractivity contribution in [2.24, 2.45) is 0 Å². The summed E-state index contributed by atoms with van der Waals surface area (Å²) < 4.78 is 0. The van der Waals surface area contributed by atoms with Crippen molar-refractivity contribution in [1.82, 2.24) is 16.0 Å². The first-order chi connectivity index (χ1) is 9.58. The van der Waals surface area contributed by atoms with Gasteiger partial charge in [0.05, 0.1) is 12.5 Å². The lowest BCUT2D eigenvalue weighted by Gasteiger charge is -2.25. The van der Waals surface area contributed by atoms with Crippen LogP contribution >= 0.6 is 0 Å². The Kier molecular flexibility index (Phi) is 4.74. The van der Waals surface area contributed by atoms with Crippen LogP contribution in [-0.2, 0) is 16.1 Å². The van der Waals surface area contributed by atoms with Gasteiger partial charge in [0.2, 0.25) is 11.8 Å². The second kappa shape index (κ2) is 6.52. The van der Waals surface area contributed by atoms with E-state index in [0.717, 1.165) is 17.7 Å². The lowest BCUT2D eigenvalue weighted by atomic mass is 9.90. The van der Waals surface area contributed by atoms with Crippen molar-refractivity contribution >= 4 is 11.8 Å². The van der Waals surface area contributed by atoms with Crippen molar-refractivity contribution in [2.75, 3.05) is 13.1 Å². The van der Waals surface area contributed by atoms with E-state index < -0.39 is 0 Å². The average molecular weight is 275 g/mol. The van der Waals surface area contributed by atoms with E-state index >= 15 is 0 Å². The van der Waals surface area contributed by atoms with Gasteiger partial charge in [0.25, 0.3) is 0 Å². The van der Waals surface area contributed by atoms with Crippen LogP contribution in [0.15, 0.2) is 24.3 Å². The maximum atomic E-state index is 12.2. The zero-order valence-corrected chi connectivity index (χ0v) is 11.9. The summed E-state index contributed by atoms with van der Waals surface area (Å²) in [7, 11) is 0. The van der Waals surface area contributed by atoms with E-state index in [4.69, 9.17) is 0 Å². The van der Waals surface area contributed by atoms with E-state index in [-0.39, 0.29) is 30.3 Å². The quantitative estimate of drug-likeness (QED) is 0.750. The second-order valence-corrected chi connectivity index (χ2v) is 5.32. The average Bonchev–Trinajstić information content (AvgIpc) is 2.43. The van der Waals surface area contributed by atoms with E-state index in [1.807, 2.05) is 38.1 Å². The molecule has 3 N–H and O–H groups in total. The molecule has 20 heavy (non-hydrogen) atoms. The highest BCUT2D eigenvalue weighted by molar-refractivity contribution is 5.89. The van der Waals surface area contributed by atoms with Crippen LogP contribution in [0, 0.1) is 0 Å². The molecule has 1 aliphatic heterocycles. The van der Waals surface area contributed by atoms with E-state index in [1.165, 1.54) is 0 Å². The molecule has 2 amide bonds. The van der Waals surface area contributed by atoms with Gasteiger partial charge < -0.3 is 16.0 Å². The van der Waals surface area contributed by atoms with Crippen molar-refractivity contribution in [3.63, 3.8) is 0 Å². The molecule has 0 aromatic heterocycles. The molecule has 0 radical (unpaired) electrons. The molecule has 0 fully saturated rings. The molecule has 1 atom stereocenters. The number of hydrogen-bond donors (Lipinski definition) is 3. The molecular formula is C15H21N3O2. The third-order valence-electron chi connectivity index (χ3n) is 3.28. The highest BCUT2D eigenvalue weighted by Gasteiger charge is 2.26. The molecule has 1 aromatic rings. The van der Waals surface area contributed by atoms with Crippen LogP contribution in [0.3, 0.4) is 0 Å². The predicted octanol–water partition coefficient (Wildman–Crippen LogP) is 0.514. The van der Waals surface area contributed by atoms with Gasteiger partial charge in [-0.05, 0) is 25.0 Å². The third-order valence-corrected chi connectivity index (χ3v) is 3.28. The molecule has 0 bridgehead atoms. The number of nitrogens with one attached hydrogen (secondary N) is 3. The largest absolute Gasteiger partial charge is 0.352 e. The Bertz CT molecular complexity index is 500. The Morgan fingerprint density at radius 1 is 1.35 bits per heavy atom. The zero-order valence-electron chi connectivity index (χ0n) is 11.9. The molecule has 1 unspecified atom stereocenters. The van der Waals surface area contributed by atoms with Crippen LogP contribution in [-0.4, -0.2) is 30.9 Å². The molecule has 1 aliphatic rings. The van der Waals surface area contributed by atoms with Gasteiger partial charge in [0.15, 0.2) is 0 Å². The summed E-state index contributed by atoms with van der Waals surface area (Å²) in [4.78, 5) is 23.8. The Labute approximate surface area is 119 Å². The molecular weight excluding hydrogens is 254 g/mol. The standard InChI is InChI=1S/C15H21N3O2/c1-10(2)18-14(19)9-17-15(20)13-8-16-7-11-5-3-4-6-12(11)13/h3-6,10,13,16H,7-9H2,1-2H3,(H,17,20)(H,18,19). The van der Waals surface area contributed by atoms with Gasteiger partial charge in [-0.3, -0.25) is 9.59 Å². The highest BCUT2D eigenvalue weighted by atomic mass is 16.2. The second-order valence-electron chi connectivity index (χ2n) is 5.32. The summed E-state index contributed by atoms with van der Waals surface area (Å²) in [6.45, 7) is 5.19. The van der Waals surface area contributed by atoms with Crippen LogP contribution in [0.1, 0.15) is 30.9 Å². The normalized spacial score (nSPS) is 17.4. The number of amides is 2.